The van der Waals surface area contributed by atoms with Crippen LogP contribution in [0.3, 0.4) is 0 Å². The number of hydrogen-bond donors (Lipinski definition) is 1. The summed E-state index contributed by atoms with van der Waals surface area (Å²) in [5, 5.41) is 10.4. The van der Waals surface area contributed by atoms with Crippen LogP contribution in [-0.2, 0) is 6.61 Å². The van der Waals surface area contributed by atoms with Crippen LogP contribution < -0.4 is 4.74 Å². The summed E-state index contributed by atoms with van der Waals surface area (Å²) in [6.45, 7) is 2.42. The summed E-state index contributed by atoms with van der Waals surface area (Å²) in [5.41, 5.74) is 5.22. The van der Waals surface area contributed by atoms with Crippen LogP contribution in [0.2, 0.25) is 5.02 Å². The predicted molar refractivity (Wildman–Crippen MR) is 129 cm³/mol. The molecule has 4 nitrogen and oxygen atoms in total. The predicted octanol–water partition coefficient (Wildman–Crippen LogP) is 6.77. The second kappa shape index (κ2) is 8.90. The monoisotopic (exact) mass is 525 g/mol. The highest BCUT2D eigenvalue weighted by atomic mass is 127. The molecule has 0 amide bonds. The number of nitrogens with zero attached hydrogens (tertiary/aromatic N) is 2. The molecule has 30 heavy (non-hydrogen) atoms. The van der Waals surface area contributed by atoms with Gasteiger partial charge in [-0.15, -0.1) is 0 Å². The van der Waals surface area contributed by atoms with Crippen molar-refractivity contribution in [1.29, 1.82) is 5.26 Å². The Morgan fingerprint density at radius 2 is 2.03 bits per heavy atom. The van der Waals surface area contributed by atoms with Crippen LogP contribution in [0, 0.1) is 21.8 Å². The Morgan fingerprint density at radius 1 is 1.20 bits per heavy atom. The Balaban J connectivity index is 1.57. The Hall–Kier alpha value is -2.82. The lowest BCUT2D eigenvalue weighted by Gasteiger charge is -2.10. The third kappa shape index (κ3) is 4.50. The molecule has 1 heterocycles. The SMILES string of the molecule is Cc1ccc2nc(/C(C#N)=C\c3ccc(OCc4ccccc4Cl)c(I)c3)[nH]c2c1. The van der Waals surface area contributed by atoms with Crippen LogP contribution in [0.25, 0.3) is 22.7 Å². The van der Waals surface area contributed by atoms with E-state index in [4.69, 9.17) is 16.3 Å². The number of nitriles is 1. The van der Waals surface area contributed by atoms with E-state index >= 15 is 0 Å². The van der Waals surface area contributed by atoms with Gasteiger partial charge in [0.05, 0.1) is 20.2 Å². The minimum absolute atomic E-state index is 0.396. The average Bonchev–Trinajstić information content (AvgIpc) is 3.15. The van der Waals surface area contributed by atoms with Gasteiger partial charge in [0.25, 0.3) is 0 Å². The molecule has 0 atom stereocenters. The van der Waals surface area contributed by atoms with Crippen LogP contribution in [0.4, 0.5) is 0 Å². The maximum Gasteiger partial charge on any atom is 0.149 e. The summed E-state index contributed by atoms with van der Waals surface area (Å²) in [4.78, 5) is 7.78. The standard InChI is InChI=1S/C24H17ClIN3O/c1-15-6-8-21-22(10-15)29-24(28-21)18(13-27)11-16-7-9-23(20(26)12-16)30-14-17-4-2-3-5-19(17)25/h2-12H,14H2,1H3,(H,28,29)/b18-11-. The zero-order valence-electron chi connectivity index (χ0n) is 16.1. The minimum atomic E-state index is 0.396. The molecule has 3 aromatic carbocycles. The Bertz CT molecular complexity index is 1300. The summed E-state index contributed by atoms with van der Waals surface area (Å²) in [7, 11) is 0. The Morgan fingerprint density at radius 3 is 2.80 bits per heavy atom. The highest BCUT2D eigenvalue weighted by Gasteiger charge is 2.10. The Kier molecular flexibility index (Phi) is 6.07. The second-order valence-corrected chi connectivity index (χ2v) is 8.42. The topological polar surface area (TPSA) is 61.7 Å². The van der Waals surface area contributed by atoms with Gasteiger partial charge < -0.3 is 9.72 Å². The molecule has 0 unspecified atom stereocenters. The molecule has 0 spiro atoms. The molecule has 0 saturated carbocycles. The number of fused-ring (bicyclic) bond motifs is 1. The van der Waals surface area contributed by atoms with Crippen molar-refractivity contribution in [3.05, 3.63) is 91.8 Å². The largest absolute Gasteiger partial charge is 0.488 e. The number of rotatable bonds is 5. The van der Waals surface area contributed by atoms with Crippen molar-refractivity contribution in [2.24, 2.45) is 0 Å². The van der Waals surface area contributed by atoms with Gasteiger partial charge in [0.2, 0.25) is 0 Å². The van der Waals surface area contributed by atoms with Crippen LogP contribution in [0.5, 0.6) is 5.75 Å². The lowest BCUT2D eigenvalue weighted by molar-refractivity contribution is 0.304. The fourth-order valence-electron chi connectivity index (χ4n) is 3.07. The van der Waals surface area contributed by atoms with Gasteiger partial charge in [-0.1, -0.05) is 41.9 Å². The molecule has 0 aliphatic rings. The van der Waals surface area contributed by atoms with E-state index in [1.165, 1.54) is 0 Å². The lowest BCUT2D eigenvalue weighted by Crippen LogP contribution is -1.98. The molecule has 0 aliphatic heterocycles. The number of halogens is 2. The number of benzene rings is 3. The van der Waals surface area contributed by atoms with E-state index in [0.717, 1.165) is 37.0 Å². The molecule has 0 bridgehead atoms. The molecular formula is C24H17ClIN3O. The average molecular weight is 526 g/mol. The number of allylic oxidation sites excluding steroid dienone is 1. The van der Waals surface area contributed by atoms with Crippen molar-refractivity contribution in [2.45, 2.75) is 13.5 Å². The van der Waals surface area contributed by atoms with Crippen molar-refractivity contribution in [1.82, 2.24) is 9.97 Å². The van der Waals surface area contributed by atoms with Crippen molar-refractivity contribution in [3.8, 4) is 11.8 Å². The van der Waals surface area contributed by atoms with Gasteiger partial charge in [-0.2, -0.15) is 5.26 Å². The molecule has 0 saturated heterocycles. The number of hydrogen-bond acceptors (Lipinski definition) is 3. The van der Waals surface area contributed by atoms with E-state index in [1.807, 2.05) is 73.7 Å². The Labute approximate surface area is 193 Å². The molecule has 1 aromatic heterocycles. The third-order valence-electron chi connectivity index (χ3n) is 4.62. The number of ether oxygens (including phenoxy) is 1. The molecule has 0 radical (unpaired) electrons. The van der Waals surface area contributed by atoms with Crippen LogP contribution in [0.1, 0.15) is 22.5 Å². The van der Waals surface area contributed by atoms with Gasteiger partial charge >= 0.3 is 0 Å². The first-order valence-electron chi connectivity index (χ1n) is 9.28. The van der Waals surface area contributed by atoms with E-state index < -0.39 is 0 Å². The highest BCUT2D eigenvalue weighted by Crippen LogP contribution is 2.27. The number of aromatic amines is 1. The van der Waals surface area contributed by atoms with Gasteiger partial charge in [-0.3, -0.25) is 0 Å². The first kappa shape index (κ1) is 20.5. The minimum Gasteiger partial charge on any atom is -0.488 e. The second-order valence-electron chi connectivity index (χ2n) is 6.85. The van der Waals surface area contributed by atoms with Gasteiger partial charge in [0.1, 0.15) is 24.3 Å². The van der Waals surface area contributed by atoms with E-state index in [1.54, 1.807) is 0 Å². The normalized spacial score (nSPS) is 11.5. The molecule has 1 N–H and O–H groups in total. The molecular weight excluding hydrogens is 509 g/mol. The summed E-state index contributed by atoms with van der Waals surface area (Å²) in [6.07, 6.45) is 1.82. The summed E-state index contributed by atoms with van der Waals surface area (Å²) >= 11 is 8.43. The smallest absolute Gasteiger partial charge is 0.149 e. The van der Waals surface area contributed by atoms with Crippen LogP contribution in [0.15, 0.2) is 60.7 Å². The quantitative estimate of drug-likeness (QED) is 0.231. The summed E-state index contributed by atoms with van der Waals surface area (Å²) in [5.74, 6) is 1.33. The van der Waals surface area contributed by atoms with Gasteiger partial charge in [-0.05, 0) is 77.0 Å². The molecule has 4 rings (SSSR count). The maximum atomic E-state index is 9.66. The zero-order chi connectivity index (χ0) is 21.1. The number of H-pyrrole nitrogens is 1. The highest BCUT2D eigenvalue weighted by molar-refractivity contribution is 14.1. The first-order valence-corrected chi connectivity index (χ1v) is 10.7. The maximum absolute atomic E-state index is 9.66. The fourth-order valence-corrected chi connectivity index (χ4v) is 3.95. The zero-order valence-corrected chi connectivity index (χ0v) is 19.0. The molecule has 148 valence electrons. The van der Waals surface area contributed by atoms with E-state index in [9.17, 15) is 5.26 Å². The first-order chi connectivity index (χ1) is 14.5. The molecule has 4 aromatic rings. The summed E-state index contributed by atoms with van der Waals surface area (Å²) in [6, 6.07) is 21.7. The van der Waals surface area contributed by atoms with Crippen molar-refractivity contribution in [2.75, 3.05) is 0 Å². The summed E-state index contributed by atoms with van der Waals surface area (Å²) < 4.78 is 6.88. The number of imidazole rings is 1. The fraction of sp³-hybridized carbons (Fsp3) is 0.0833. The van der Waals surface area contributed by atoms with Crippen LogP contribution >= 0.6 is 34.2 Å². The third-order valence-corrected chi connectivity index (χ3v) is 5.83. The van der Waals surface area contributed by atoms with E-state index in [0.29, 0.717) is 23.0 Å². The lowest BCUT2D eigenvalue weighted by atomic mass is 10.1. The van der Waals surface area contributed by atoms with Gasteiger partial charge in [0, 0.05) is 10.6 Å². The number of nitrogens with one attached hydrogen (secondary N) is 1. The van der Waals surface area contributed by atoms with Crippen LogP contribution in [-0.4, -0.2) is 9.97 Å². The van der Waals surface area contributed by atoms with Gasteiger partial charge in [0.15, 0.2) is 0 Å². The van der Waals surface area contributed by atoms with Gasteiger partial charge in [-0.25, -0.2) is 4.98 Å². The molecule has 0 aliphatic carbocycles. The van der Waals surface area contributed by atoms with Crippen molar-refractivity contribution >= 4 is 56.9 Å². The van der Waals surface area contributed by atoms with Crippen molar-refractivity contribution in [3.63, 3.8) is 0 Å². The molecule has 6 heteroatoms. The molecule has 0 fully saturated rings. The number of aryl methyl sites for hydroxylation is 1. The van der Waals surface area contributed by atoms with E-state index in [-0.39, 0.29) is 0 Å². The number of aromatic nitrogens is 2. The van der Waals surface area contributed by atoms with Crippen molar-refractivity contribution < 1.29 is 4.74 Å². The van der Waals surface area contributed by atoms with E-state index in [2.05, 4.69) is 38.6 Å².